The first-order valence-corrected chi connectivity index (χ1v) is 14.5. The van der Waals surface area contributed by atoms with Crippen molar-refractivity contribution in [3.8, 4) is 22.9 Å². The number of ether oxygens (including phenoxy) is 2. The number of nitrogens with zero attached hydrogens (tertiary/aromatic N) is 4. The van der Waals surface area contributed by atoms with Crippen LogP contribution in [0, 0.1) is 30.9 Å². The van der Waals surface area contributed by atoms with Gasteiger partial charge in [-0.15, -0.1) is 0 Å². The van der Waals surface area contributed by atoms with Gasteiger partial charge in [0.25, 0.3) is 5.69 Å². The van der Waals surface area contributed by atoms with E-state index in [1.807, 2.05) is 92.1 Å². The van der Waals surface area contributed by atoms with Crippen molar-refractivity contribution in [2.45, 2.75) is 32.9 Å². The molecule has 3 aromatic carbocycles. The molecule has 1 saturated heterocycles. The summed E-state index contributed by atoms with van der Waals surface area (Å²) in [6.45, 7) is 5.96. The molecule has 0 amide bonds. The number of nitro benzene ring substituents is 1. The maximum atomic E-state index is 12.1. The lowest BCUT2D eigenvalue weighted by Crippen LogP contribution is -2.29. The van der Waals surface area contributed by atoms with Crippen LogP contribution in [0.25, 0.3) is 5.69 Å². The number of pyridine rings is 1. The van der Waals surface area contributed by atoms with Crippen LogP contribution in [0.3, 0.4) is 0 Å². The molecule has 222 valence electrons. The summed E-state index contributed by atoms with van der Waals surface area (Å²) in [5.41, 5.74) is 5.98. The number of hydrogen-bond acceptors (Lipinski definition) is 6. The van der Waals surface area contributed by atoms with Gasteiger partial charge in [-0.05, 0) is 105 Å². The van der Waals surface area contributed by atoms with Gasteiger partial charge in [0.1, 0.15) is 22.9 Å². The SMILES string of the molecule is COc1ccc(-n2c(C)cc([C@@H]3[C@@H](c4ccccn4)NC(=S)N3c3ccc(Oc4ccc(C)cc4)cc3)c2C)c([N+](=O)[O-])c1. The summed E-state index contributed by atoms with van der Waals surface area (Å²) in [7, 11) is 1.49. The fourth-order valence-corrected chi connectivity index (χ4v) is 6.14. The van der Waals surface area contributed by atoms with E-state index in [1.165, 1.54) is 13.2 Å². The van der Waals surface area contributed by atoms with Crippen molar-refractivity contribution in [1.29, 1.82) is 0 Å². The molecule has 0 saturated carbocycles. The monoisotopic (exact) mass is 605 g/mol. The largest absolute Gasteiger partial charge is 0.496 e. The Morgan fingerprint density at radius 3 is 2.23 bits per heavy atom. The van der Waals surface area contributed by atoms with Crippen LogP contribution in [-0.2, 0) is 0 Å². The first kappa shape index (κ1) is 28.9. The van der Waals surface area contributed by atoms with E-state index in [4.69, 9.17) is 21.7 Å². The molecule has 6 rings (SSSR count). The standard InChI is InChI=1S/C34H31N5O4S/c1-21-8-12-25(13-9-21)43-26-14-10-24(11-15-26)38-33(32(36-34(38)44)29-7-5-6-18-35-29)28-19-22(2)37(23(28)3)30-17-16-27(42-4)20-31(30)39(40)41/h5-20,32-33H,1-4H3,(H,36,44)/t32-,33-/m1/s1. The smallest absolute Gasteiger partial charge is 0.296 e. The fraction of sp³-hybridized carbons (Fsp3) is 0.176. The third-order valence-electron chi connectivity index (χ3n) is 7.88. The Morgan fingerprint density at radius 2 is 1.59 bits per heavy atom. The minimum absolute atomic E-state index is 0.0416. The molecular formula is C34H31N5O4S. The van der Waals surface area contributed by atoms with Gasteiger partial charge < -0.3 is 24.3 Å². The van der Waals surface area contributed by atoms with Gasteiger partial charge in [-0.25, -0.2) is 0 Å². The average molecular weight is 606 g/mol. The van der Waals surface area contributed by atoms with Gasteiger partial charge in [0.2, 0.25) is 0 Å². The quantitative estimate of drug-likeness (QED) is 0.109. The van der Waals surface area contributed by atoms with Gasteiger partial charge >= 0.3 is 0 Å². The van der Waals surface area contributed by atoms with Crippen LogP contribution in [-0.4, -0.2) is 26.7 Å². The summed E-state index contributed by atoms with van der Waals surface area (Å²) in [5.74, 6) is 1.89. The molecule has 0 bridgehead atoms. The normalized spacial score (nSPS) is 16.1. The second-order valence-corrected chi connectivity index (χ2v) is 11.1. The molecule has 1 fully saturated rings. The van der Waals surface area contributed by atoms with Gasteiger partial charge in [-0.1, -0.05) is 23.8 Å². The molecule has 2 aromatic heterocycles. The van der Waals surface area contributed by atoms with Crippen LogP contribution < -0.4 is 19.7 Å². The number of thiocarbonyl (C=S) groups is 1. The Bertz CT molecular complexity index is 1840. The van der Waals surface area contributed by atoms with E-state index in [2.05, 4.69) is 21.3 Å². The lowest BCUT2D eigenvalue weighted by molar-refractivity contribution is -0.384. The van der Waals surface area contributed by atoms with E-state index in [9.17, 15) is 10.1 Å². The molecule has 5 aromatic rings. The molecule has 44 heavy (non-hydrogen) atoms. The van der Waals surface area contributed by atoms with Crippen molar-refractivity contribution >= 4 is 28.7 Å². The zero-order valence-corrected chi connectivity index (χ0v) is 25.5. The zero-order chi connectivity index (χ0) is 31.0. The van der Waals surface area contributed by atoms with Gasteiger partial charge in [0.15, 0.2) is 5.11 Å². The van der Waals surface area contributed by atoms with Crippen LogP contribution in [0.1, 0.15) is 40.3 Å². The molecule has 9 nitrogen and oxygen atoms in total. The Hall–Kier alpha value is -5.22. The average Bonchev–Trinajstić information content (AvgIpc) is 3.53. The number of benzene rings is 3. The van der Waals surface area contributed by atoms with Gasteiger partial charge in [0, 0.05) is 23.3 Å². The van der Waals surface area contributed by atoms with Crippen LogP contribution >= 0.6 is 12.2 Å². The highest BCUT2D eigenvalue weighted by Crippen LogP contribution is 2.44. The first-order chi connectivity index (χ1) is 21.2. The number of nitrogens with one attached hydrogen (secondary N) is 1. The minimum Gasteiger partial charge on any atom is -0.496 e. The first-order valence-electron chi connectivity index (χ1n) is 14.1. The number of rotatable bonds is 8. The zero-order valence-electron chi connectivity index (χ0n) is 24.7. The molecular weight excluding hydrogens is 574 g/mol. The fourth-order valence-electron chi connectivity index (χ4n) is 5.79. The van der Waals surface area contributed by atoms with Crippen molar-refractivity contribution in [2.75, 3.05) is 12.0 Å². The third-order valence-corrected chi connectivity index (χ3v) is 8.19. The number of hydrogen-bond donors (Lipinski definition) is 1. The van der Waals surface area contributed by atoms with Crippen molar-refractivity contribution in [3.05, 3.63) is 136 Å². The lowest BCUT2D eigenvalue weighted by Gasteiger charge is -2.28. The lowest BCUT2D eigenvalue weighted by atomic mass is 9.96. The number of aryl methyl sites for hydroxylation is 2. The number of methoxy groups -OCH3 is 1. The third kappa shape index (κ3) is 5.35. The summed E-state index contributed by atoms with van der Waals surface area (Å²) < 4.78 is 13.3. The molecule has 0 aliphatic carbocycles. The number of nitro groups is 1. The molecule has 1 N–H and O–H groups in total. The van der Waals surface area contributed by atoms with Crippen molar-refractivity contribution in [3.63, 3.8) is 0 Å². The summed E-state index contributed by atoms with van der Waals surface area (Å²) in [5, 5.41) is 16.2. The van der Waals surface area contributed by atoms with Gasteiger partial charge in [0.05, 0.1) is 35.9 Å². The second kappa shape index (κ2) is 11.8. The summed E-state index contributed by atoms with van der Waals surface area (Å²) in [6.07, 6.45) is 1.76. The van der Waals surface area contributed by atoms with E-state index in [0.29, 0.717) is 22.3 Å². The Morgan fingerprint density at radius 1 is 0.909 bits per heavy atom. The molecule has 0 radical (unpaired) electrons. The van der Waals surface area contributed by atoms with Crippen molar-refractivity contribution in [2.24, 2.45) is 0 Å². The maximum absolute atomic E-state index is 12.1. The molecule has 10 heteroatoms. The Labute approximate surface area is 260 Å². The summed E-state index contributed by atoms with van der Waals surface area (Å²) in [6, 6.07) is 27.9. The van der Waals surface area contributed by atoms with Gasteiger partial charge in [-0.3, -0.25) is 15.1 Å². The van der Waals surface area contributed by atoms with Crippen LogP contribution in [0.5, 0.6) is 17.2 Å². The van der Waals surface area contributed by atoms with Gasteiger partial charge in [-0.2, -0.15) is 0 Å². The molecule has 2 atom stereocenters. The van der Waals surface area contributed by atoms with E-state index >= 15 is 0 Å². The molecule has 1 aliphatic heterocycles. The van der Waals surface area contributed by atoms with E-state index in [0.717, 1.165) is 39.6 Å². The summed E-state index contributed by atoms with van der Waals surface area (Å²) in [4.78, 5) is 18.5. The van der Waals surface area contributed by atoms with E-state index in [1.54, 1.807) is 18.3 Å². The molecule has 1 aliphatic rings. The predicted molar refractivity (Wildman–Crippen MR) is 174 cm³/mol. The highest BCUT2D eigenvalue weighted by molar-refractivity contribution is 7.80. The molecule has 0 spiro atoms. The number of aromatic nitrogens is 2. The minimum atomic E-state index is -0.383. The Kier molecular flexibility index (Phi) is 7.75. The topological polar surface area (TPSA) is 94.7 Å². The highest BCUT2D eigenvalue weighted by atomic mass is 32.1. The Balaban J connectivity index is 1.43. The van der Waals surface area contributed by atoms with Crippen molar-refractivity contribution < 1.29 is 14.4 Å². The van der Waals surface area contributed by atoms with Crippen LogP contribution in [0.2, 0.25) is 0 Å². The van der Waals surface area contributed by atoms with Crippen LogP contribution in [0.15, 0.2) is 97.2 Å². The predicted octanol–water partition coefficient (Wildman–Crippen LogP) is 7.68. The summed E-state index contributed by atoms with van der Waals surface area (Å²) >= 11 is 5.93. The van der Waals surface area contributed by atoms with Crippen LogP contribution in [0.4, 0.5) is 11.4 Å². The van der Waals surface area contributed by atoms with E-state index in [-0.39, 0.29) is 22.7 Å². The molecule has 3 heterocycles. The number of anilines is 1. The van der Waals surface area contributed by atoms with Crippen molar-refractivity contribution in [1.82, 2.24) is 14.9 Å². The second-order valence-electron chi connectivity index (χ2n) is 10.7. The van der Waals surface area contributed by atoms with E-state index < -0.39 is 0 Å². The maximum Gasteiger partial charge on any atom is 0.296 e. The highest BCUT2D eigenvalue weighted by Gasteiger charge is 2.42. The molecule has 0 unspecified atom stereocenters.